The Bertz CT molecular complexity index is 168. The standard InChI is InChI=1S/C14H32N2O2/c1-5-8-15-9-7-14(2)16(11-13-18-4)10-6-12-17-3/h14-15H,5-13H2,1-4H3. The lowest BCUT2D eigenvalue weighted by Crippen LogP contribution is -2.38. The maximum absolute atomic E-state index is 5.18. The third kappa shape index (κ3) is 9.83. The summed E-state index contributed by atoms with van der Waals surface area (Å²) in [6.07, 6.45) is 3.49. The SMILES string of the molecule is CCCNCCC(C)N(CCCOC)CCOC. The Balaban J connectivity index is 3.84. The van der Waals surface area contributed by atoms with Crippen molar-refractivity contribution < 1.29 is 9.47 Å². The molecule has 0 aliphatic rings. The van der Waals surface area contributed by atoms with Crippen LogP contribution >= 0.6 is 0 Å². The molecule has 0 aliphatic heterocycles. The van der Waals surface area contributed by atoms with Gasteiger partial charge in [0.15, 0.2) is 0 Å². The van der Waals surface area contributed by atoms with Crippen molar-refractivity contribution >= 4 is 0 Å². The molecule has 0 radical (unpaired) electrons. The molecule has 4 heteroatoms. The molecule has 1 N–H and O–H groups in total. The van der Waals surface area contributed by atoms with Gasteiger partial charge in [-0.2, -0.15) is 0 Å². The van der Waals surface area contributed by atoms with Gasteiger partial charge in [-0.1, -0.05) is 6.92 Å². The van der Waals surface area contributed by atoms with Crippen molar-refractivity contribution in [1.29, 1.82) is 0 Å². The molecule has 4 nitrogen and oxygen atoms in total. The van der Waals surface area contributed by atoms with Crippen molar-refractivity contribution in [3.8, 4) is 0 Å². The molecule has 0 aromatic rings. The number of nitrogens with zero attached hydrogens (tertiary/aromatic N) is 1. The second-order valence-corrected chi connectivity index (χ2v) is 4.76. The Morgan fingerprint density at radius 2 is 1.78 bits per heavy atom. The zero-order valence-corrected chi connectivity index (χ0v) is 12.7. The molecule has 110 valence electrons. The predicted molar refractivity (Wildman–Crippen MR) is 77.2 cm³/mol. The van der Waals surface area contributed by atoms with Crippen LogP contribution in [0, 0.1) is 0 Å². The van der Waals surface area contributed by atoms with Gasteiger partial charge in [-0.3, -0.25) is 4.90 Å². The highest BCUT2D eigenvalue weighted by Crippen LogP contribution is 2.04. The summed E-state index contributed by atoms with van der Waals surface area (Å²) in [4.78, 5) is 2.50. The van der Waals surface area contributed by atoms with Crippen molar-refractivity contribution in [1.82, 2.24) is 10.2 Å². The minimum Gasteiger partial charge on any atom is -0.385 e. The highest BCUT2D eigenvalue weighted by Gasteiger charge is 2.12. The lowest BCUT2D eigenvalue weighted by Gasteiger charge is -2.29. The summed E-state index contributed by atoms with van der Waals surface area (Å²) >= 11 is 0. The van der Waals surface area contributed by atoms with Crippen LogP contribution in [0.2, 0.25) is 0 Å². The van der Waals surface area contributed by atoms with Gasteiger partial charge in [0.1, 0.15) is 0 Å². The molecule has 1 unspecified atom stereocenters. The van der Waals surface area contributed by atoms with Crippen LogP contribution in [0.15, 0.2) is 0 Å². The van der Waals surface area contributed by atoms with E-state index >= 15 is 0 Å². The Kier molecular flexibility index (Phi) is 13.2. The number of methoxy groups -OCH3 is 2. The molecule has 0 rings (SSSR count). The largest absolute Gasteiger partial charge is 0.385 e. The summed E-state index contributed by atoms with van der Waals surface area (Å²) in [6, 6.07) is 0.598. The van der Waals surface area contributed by atoms with E-state index < -0.39 is 0 Å². The van der Waals surface area contributed by atoms with Crippen molar-refractivity contribution in [3.63, 3.8) is 0 Å². The van der Waals surface area contributed by atoms with Gasteiger partial charge in [0.2, 0.25) is 0 Å². The number of ether oxygens (including phenoxy) is 2. The van der Waals surface area contributed by atoms with Crippen molar-refractivity contribution in [2.45, 2.75) is 39.2 Å². The quantitative estimate of drug-likeness (QED) is 0.512. The Morgan fingerprint density at radius 1 is 1.06 bits per heavy atom. The highest BCUT2D eigenvalue weighted by molar-refractivity contribution is 4.68. The molecule has 18 heavy (non-hydrogen) atoms. The van der Waals surface area contributed by atoms with Gasteiger partial charge in [-0.05, 0) is 39.3 Å². The second kappa shape index (κ2) is 13.3. The number of nitrogens with one attached hydrogen (secondary N) is 1. The smallest absolute Gasteiger partial charge is 0.0589 e. The molecule has 0 fully saturated rings. The Labute approximate surface area is 113 Å². The maximum atomic E-state index is 5.18. The first kappa shape index (κ1) is 17.8. The first-order valence-electron chi connectivity index (χ1n) is 7.18. The van der Waals surface area contributed by atoms with E-state index in [-0.39, 0.29) is 0 Å². The summed E-state index contributed by atoms with van der Waals surface area (Å²) in [5.41, 5.74) is 0. The molecule has 0 aliphatic carbocycles. The van der Waals surface area contributed by atoms with E-state index in [1.807, 2.05) is 0 Å². The van der Waals surface area contributed by atoms with Gasteiger partial charge >= 0.3 is 0 Å². The van der Waals surface area contributed by atoms with Gasteiger partial charge in [0.05, 0.1) is 6.61 Å². The van der Waals surface area contributed by atoms with E-state index in [0.29, 0.717) is 6.04 Å². The molecule has 0 amide bonds. The highest BCUT2D eigenvalue weighted by atomic mass is 16.5. The van der Waals surface area contributed by atoms with Crippen LogP contribution in [0.3, 0.4) is 0 Å². The summed E-state index contributed by atoms with van der Waals surface area (Å²) in [6.45, 7) is 10.5. The maximum Gasteiger partial charge on any atom is 0.0589 e. The van der Waals surface area contributed by atoms with E-state index in [9.17, 15) is 0 Å². The summed E-state index contributed by atoms with van der Waals surface area (Å²) in [5, 5.41) is 3.46. The topological polar surface area (TPSA) is 33.7 Å². The van der Waals surface area contributed by atoms with Gasteiger partial charge in [0.25, 0.3) is 0 Å². The number of hydrogen-bond acceptors (Lipinski definition) is 4. The van der Waals surface area contributed by atoms with Crippen LogP contribution in [0.1, 0.15) is 33.1 Å². The number of rotatable bonds is 13. The van der Waals surface area contributed by atoms with E-state index in [4.69, 9.17) is 9.47 Å². The Hall–Kier alpha value is -0.160. The molecule has 0 aromatic heterocycles. The van der Waals surface area contributed by atoms with E-state index in [2.05, 4.69) is 24.1 Å². The van der Waals surface area contributed by atoms with E-state index in [1.54, 1.807) is 14.2 Å². The van der Waals surface area contributed by atoms with E-state index in [1.165, 1.54) is 12.8 Å². The summed E-state index contributed by atoms with van der Waals surface area (Å²) in [7, 11) is 3.53. The molecule has 0 bridgehead atoms. The fraction of sp³-hybridized carbons (Fsp3) is 1.00. The fourth-order valence-corrected chi connectivity index (χ4v) is 1.97. The van der Waals surface area contributed by atoms with Crippen LogP contribution < -0.4 is 5.32 Å². The third-order valence-electron chi connectivity index (χ3n) is 3.17. The molecule has 0 spiro atoms. The van der Waals surface area contributed by atoms with Gasteiger partial charge in [-0.15, -0.1) is 0 Å². The van der Waals surface area contributed by atoms with E-state index in [0.717, 1.165) is 45.8 Å². The van der Waals surface area contributed by atoms with Gasteiger partial charge < -0.3 is 14.8 Å². The monoisotopic (exact) mass is 260 g/mol. The summed E-state index contributed by atoms with van der Waals surface area (Å²) < 4.78 is 10.3. The fourth-order valence-electron chi connectivity index (χ4n) is 1.97. The molecule has 0 saturated heterocycles. The van der Waals surface area contributed by atoms with Crippen LogP contribution in [0.4, 0.5) is 0 Å². The Morgan fingerprint density at radius 3 is 2.39 bits per heavy atom. The molecular weight excluding hydrogens is 228 g/mol. The van der Waals surface area contributed by atoms with Gasteiger partial charge in [-0.25, -0.2) is 0 Å². The minimum absolute atomic E-state index is 0.598. The predicted octanol–water partition coefficient (Wildman–Crippen LogP) is 1.75. The molecule has 0 heterocycles. The second-order valence-electron chi connectivity index (χ2n) is 4.76. The lowest BCUT2D eigenvalue weighted by molar-refractivity contribution is 0.108. The van der Waals surface area contributed by atoms with Crippen LogP contribution in [-0.4, -0.2) is 64.6 Å². The molecule has 0 aromatic carbocycles. The third-order valence-corrected chi connectivity index (χ3v) is 3.17. The molecule has 0 saturated carbocycles. The van der Waals surface area contributed by atoms with Crippen molar-refractivity contribution in [2.24, 2.45) is 0 Å². The van der Waals surface area contributed by atoms with Crippen molar-refractivity contribution in [3.05, 3.63) is 0 Å². The van der Waals surface area contributed by atoms with Crippen LogP contribution in [0.5, 0.6) is 0 Å². The zero-order chi connectivity index (χ0) is 13.6. The molecular formula is C14H32N2O2. The van der Waals surface area contributed by atoms with Crippen LogP contribution in [0.25, 0.3) is 0 Å². The van der Waals surface area contributed by atoms with Gasteiger partial charge in [0, 0.05) is 40.0 Å². The summed E-state index contributed by atoms with van der Waals surface area (Å²) in [5.74, 6) is 0. The van der Waals surface area contributed by atoms with Crippen LogP contribution in [-0.2, 0) is 9.47 Å². The normalized spacial score (nSPS) is 13.2. The average molecular weight is 260 g/mol. The van der Waals surface area contributed by atoms with Crippen molar-refractivity contribution in [2.75, 3.05) is 53.6 Å². The molecule has 1 atom stereocenters. The average Bonchev–Trinajstić information content (AvgIpc) is 2.38. The first-order valence-corrected chi connectivity index (χ1v) is 7.18. The zero-order valence-electron chi connectivity index (χ0n) is 12.7. The lowest BCUT2D eigenvalue weighted by atomic mass is 10.2. The minimum atomic E-state index is 0.598. The number of hydrogen-bond donors (Lipinski definition) is 1. The first-order chi connectivity index (χ1) is 8.76.